The fourth-order valence-corrected chi connectivity index (χ4v) is 2.85. The summed E-state index contributed by atoms with van der Waals surface area (Å²) in [6.45, 7) is 12.5. The summed E-state index contributed by atoms with van der Waals surface area (Å²) in [4.78, 5) is 26.7. The van der Waals surface area contributed by atoms with Crippen molar-refractivity contribution in [2.45, 2.75) is 47.0 Å². The van der Waals surface area contributed by atoms with Crippen LogP contribution in [-0.4, -0.2) is 25.2 Å². The molecule has 2 rings (SSSR count). The van der Waals surface area contributed by atoms with Crippen molar-refractivity contribution in [1.82, 2.24) is 0 Å². The molecule has 0 bridgehead atoms. The second kappa shape index (κ2) is 8.91. The zero-order chi connectivity index (χ0) is 20.9. The number of rotatable bonds is 5. The maximum Gasteiger partial charge on any atom is 0.414 e. The molecule has 0 saturated heterocycles. The van der Waals surface area contributed by atoms with Crippen LogP contribution in [0.25, 0.3) is 0 Å². The molecule has 0 saturated carbocycles. The number of carbonyl (C=O) groups is 2. The lowest BCUT2D eigenvalue weighted by Gasteiger charge is -2.27. The molecule has 1 amide bonds. The van der Waals surface area contributed by atoms with Crippen LogP contribution in [0.3, 0.4) is 0 Å². The lowest BCUT2D eigenvalue weighted by Crippen LogP contribution is -2.32. The number of esters is 1. The van der Waals surface area contributed by atoms with Crippen LogP contribution in [0.4, 0.5) is 10.5 Å². The van der Waals surface area contributed by atoms with Gasteiger partial charge in [0.1, 0.15) is 0 Å². The van der Waals surface area contributed by atoms with Gasteiger partial charge in [-0.3, -0.25) is 4.90 Å². The molecule has 0 radical (unpaired) electrons. The summed E-state index contributed by atoms with van der Waals surface area (Å²) in [5.74, 6) is -0.0925. The number of hydrogen-bond acceptors (Lipinski definition) is 4. The molecule has 2 aromatic rings. The Kier molecular flexibility index (Phi) is 6.84. The summed E-state index contributed by atoms with van der Waals surface area (Å²) in [6.07, 6.45) is -0.465. The second-order valence-electron chi connectivity index (χ2n) is 7.59. The lowest BCUT2D eigenvalue weighted by molar-refractivity contribution is 0.0733. The molecule has 0 fully saturated rings. The van der Waals surface area contributed by atoms with Crippen LogP contribution in [-0.2, 0) is 10.2 Å². The molecule has 0 atom stereocenters. The SMILES string of the molecule is CCOC(=O)N(CC)c1cc(C(C)(C)C)cc(C)c1OC(=O)c1ccccc1. The van der Waals surface area contributed by atoms with Gasteiger partial charge < -0.3 is 9.47 Å². The highest BCUT2D eigenvalue weighted by molar-refractivity contribution is 5.95. The molecule has 0 aromatic heterocycles. The first-order valence-corrected chi connectivity index (χ1v) is 9.55. The van der Waals surface area contributed by atoms with Crippen LogP contribution in [0, 0.1) is 6.92 Å². The Hall–Kier alpha value is -2.82. The summed E-state index contributed by atoms with van der Waals surface area (Å²) < 4.78 is 11.0. The Morgan fingerprint density at radius 3 is 2.21 bits per heavy atom. The maximum absolute atomic E-state index is 12.6. The predicted molar refractivity (Wildman–Crippen MR) is 111 cm³/mol. The van der Waals surface area contributed by atoms with E-state index in [0.717, 1.165) is 11.1 Å². The van der Waals surface area contributed by atoms with Gasteiger partial charge in [0.15, 0.2) is 5.75 Å². The third kappa shape index (κ3) is 4.91. The quantitative estimate of drug-likeness (QED) is 0.506. The van der Waals surface area contributed by atoms with Crippen molar-refractivity contribution < 1.29 is 19.1 Å². The van der Waals surface area contributed by atoms with Crippen molar-refractivity contribution in [1.29, 1.82) is 0 Å². The number of anilines is 1. The first-order valence-electron chi connectivity index (χ1n) is 9.55. The number of ether oxygens (including phenoxy) is 2. The van der Waals surface area contributed by atoms with Crippen LogP contribution in [0.2, 0.25) is 0 Å². The third-order valence-electron chi connectivity index (χ3n) is 4.42. The minimum Gasteiger partial charge on any atom is -0.449 e. The van der Waals surface area contributed by atoms with E-state index in [1.807, 2.05) is 32.0 Å². The van der Waals surface area contributed by atoms with E-state index in [-0.39, 0.29) is 12.0 Å². The van der Waals surface area contributed by atoms with E-state index in [1.54, 1.807) is 31.2 Å². The minimum atomic E-state index is -0.465. The highest BCUT2D eigenvalue weighted by Gasteiger charge is 2.26. The van der Waals surface area contributed by atoms with Gasteiger partial charge in [0, 0.05) is 6.54 Å². The van der Waals surface area contributed by atoms with E-state index >= 15 is 0 Å². The van der Waals surface area contributed by atoms with Crippen molar-refractivity contribution in [3.8, 4) is 5.75 Å². The average Bonchev–Trinajstić information content (AvgIpc) is 2.64. The summed E-state index contributed by atoms with van der Waals surface area (Å²) in [5, 5.41) is 0. The molecule has 5 nitrogen and oxygen atoms in total. The van der Waals surface area contributed by atoms with Gasteiger partial charge in [-0.05, 0) is 55.5 Å². The Morgan fingerprint density at radius 1 is 1.04 bits per heavy atom. The number of benzene rings is 2. The van der Waals surface area contributed by atoms with Crippen LogP contribution in [0.1, 0.15) is 56.1 Å². The van der Waals surface area contributed by atoms with E-state index in [2.05, 4.69) is 20.8 Å². The van der Waals surface area contributed by atoms with Crippen LogP contribution in [0.5, 0.6) is 5.75 Å². The van der Waals surface area contributed by atoms with Gasteiger partial charge in [0.25, 0.3) is 0 Å². The maximum atomic E-state index is 12.6. The molecule has 0 heterocycles. The fourth-order valence-electron chi connectivity index (χ4n) is 2.85. The first kappa shape index (κ1) is 21.5. The van der Waals surface area contributed by atoms with Gasteiger partial charge >= 0.3 is 12.1 Å². The minimum absolute atomic E-state index is 0.129. The highest BCUT2D eigenvalue weighted by Crippen LogP contribution is 2.38. The normalized spacial score (nSPS) is 11.1. The molecule has 0 aliphatic rings. The predicted octanol–water partition coefficient (Wildman–Crippen LogP) is 5.49. The van der Waals surface area contributed by atoms with E-state index in [9.17, 15) is 9.59 Å². The third-order valence-corrected chi connectivity index (χ3v) is 4.42. The number of nitrogens with zero attached hydrogens (tertiary/aromatic N) is 1. The number of aryl methyl sites for hydroxylation is 1. The molecule has 2 aromatic carbocycles. The van der Waals surface area contributed by atoms with Crippen molar-refractivity contribution in [3.05, 3.63) is 59.2 Å². The largest absolute Gasteiger partial charge is 0.449 e. The van der Waals surface area contributed by atoms with E-state index in [1.165, 1.54) is 4.90 Å². The molecule has 150 valence electrons. The number of amides is 1. The van der Waals surface area contributed by atoms with Crippen LogP contribution < -0.4 is 9.64 Å². The lowest BCUT2D eigenvalue weighted by atomic mass is 9.85. The Labute approximate surface area is 167 Å². The molecule has 5 heteroatoms. The monoisotopic (exact) mass is 383 g/mol. The molecular formula is C23H29NO4. The Balaban J connectivity index is 2.56. The zero-order valence-electron chi connectivity index (χ0n) is 17.5. The van der Waals surface area contributed by atoms with Crippen LogP contribution in [0.15, 0.2) is 42.5 Å². The van der Waals surface area contributed by atoms with Crippen molar-refractivity contribution in [2.75, 3.05) is 18.1 Å². The highest BCUT2D eigenvalue weighted by atomic mass is 16.6. The van der Waals surface area contributed by atoms with E-state index < -0.39 is 12.1 Å². The standard InChI is InChI=1S/C23H29NO4/c1-7-24(22(26)27-8-2)19-15-18(23(4,5)6)14-16(3)20(19)28-21(25)17-12-10-9-11-13-17/h9-15H,7-8H2,1-6H3. The molecule has 0 unspecified atom stereocenters. The Bertz CT molecular complexity index is 838. The summed E-state index contributed by atoms with van der Waals surface area (Å²) >= 11 is 0. The first-order chi connectivity index (χ1) is 13.2. The molecule has 0 N–H and O–H groups in total. The fraction of sp³-hybridized carbons (Fsp3) is 0.391. The molecule has 28 heavy (non-hydrogen) atoms. The van der Waals surface area contributed by atoms with Crippen molar-refractivity contribution in [3.63, 3.8) is 0 Å². The molecular weight excluding hydrogens is 354 g/mol. The molecule has 0 spiro atoms. The van der Waals surface area contributed by atoms with E-state index in [4.69, 9.17) is 9.47 Å². The topological polar surface area (TPSA) is 55.8 Å². The molecule has 0 aliphatic carbocycles. The zero-order valence-corrected chi connectivity index (χ0v) is 17.5. The van der Waals surface area contributed by atoms with Gasteiger partial charge in [0.05, 0.1) is 17.9 Å². The van der Waals surface area contributed by atoms with Crippen LogP contribution >= 0.6 is 0 Å². The van der Waals surface area contributed by atoms with Gasteiger partial charge in [-0.1, -0.05) is 45.0 Å². The smallest absolute Gasteiger partial charge is 0.414 e. The summed E-state index contributed by atoms with van der Waals surface area (Å²) in [7, 11) is 0. The molecule has 0 aliphatic heterocycles. The van der Waals surface area contributed by atoms with Gasteiger partial charge in [-0.15, -0.1) is 0 Å². The van der Waals surface area contributed by atoms with Crippen molar-refractivity contribution >= 4 is 17.7 Å². The number of carbonyl (C=O) groups excluding carboxylic acids is 2. The van der Waals surface area contributed by atoms with Gasteiger partial charge in [0.2, 0.25) is 0 Å². The second-order valence-corrected chi connectivity index (χ2v) is 7.59. The summed E-state index contributed by atoms with van der Waals surface area (Å²) in [5.41, 5.74) is 2.69. The number of hydrogen-bond donors (Lipinski definition) is 0. The van der Waals surface area contributed by atoms with Crippen molar-refractivity contribution in [2.24, 2.45) is 0 Å². The Morgan fingerprint density at radius 2 is 1.68 bits per heavy atom. The van der Waals surface area contributed by atoms with Gasteiger partial charge in [-0.25, -0.2) is 9.59 Å². The van der Waals surface area contributed by atoms with E-state index in [0.29, 0.717) is 23.5 Å². The summed E-state index contributed by atoms with van der Waals surface area (Å²) in [6, 6.07) is 12.7. The van der Waals surface area contributed by atoms with Gasteiger partial charge in [-0.2, -0.15) is 0 Å². The average molecular weight is 383 g/mol.